The number of amides is 1. The van der Waals surface area contributed by atoms with Crippen LogP contribution in [0.15, 0.2) is 35.4 Å². The van der Waals surface area contributed by atoms with E-state index in [1.807, 2.05) is 0 Å². The van der Waals surface area contributed by atoms with Crippen LogP contribution < -0.4 is 5.43 Å². The van der Waals surface area contributed by atoms with E-state index in [9.17, 15) is 18.0 Å². The van der Waals surface area contributed by atoms with E-state index in [0.29, 0.717) is 18.6 Å². The van der Waals surface area contributed by atoms with Crippen LogP contribution in [-0.2, 0) is 11.0 Å². The van der Waals surface area contributed by atoms with Crippen LogP contribution in [0.3, 0.4) is 0 Å². The van der Waals surface area contributed by atoms with Gasteiger partial charge in [0.2, 0.25) is 5.91 Å². The van der Waals surface area contributed by atoms with E-state index >= 15 is 0 Å². The summed E-state index contributed by atoms with van der Waals surface area (Å²) in [5, 5.41) is 3.77. The fourth-order valence-electron chi connectivity index (χ4n) is 1.69. The predicted molar refractivity (Wildman–Crippen MR) is 65.3 cm³/mol. The zero-order chi connectivity index (χ0) is 13.9. The second kappa shape index (κ2) is 5.26. The molecule has 6 heteroatoms. The first kappa shape index (κ1) is 13.3. The molecule has 0 saturated carbocycles. The van der Waals surface area contributed by atoms with E-state index in [0.717, 1.165) is 6.07 Å². The lowest BCUT2D eigenvalue weighted by Gasteiger charge is -2.11. The highest BCUT2D eigenvalue weighted by Gasteiger charge is 2.32. The minimum Gasteiger partial charge on any atom is -0.273 e. The zero-order valence-corrected chi connectivity index (χ0v) is 9.87. The van der Waals surface area contributed by atoms with Gasteiger partial charge in [-0.2, -0.15) is 18.3 Å². The molecule has 0 bridgehead atoms. The first-order valence-corrected chi connectivity index (χ1v) is 5.66. The summed E-state index contributed by atoms with van der Waals surface area (Å²) in [6, 6.07) is 5.31. The van der Waals surface area contributed by atoms with Crippen LogP contribution in [0.2, 0.25) is 0 Å². The number of allylic oxidation sites excluding steroid dienone is 1. The quantitative estimate of drug-likeness (QED) is 0.880. The molecule has 0 spiro atoms. The number of hydrogen-bond donors (Lipinski definition) is 1. The molecule has 3 nitrogen and oxygen atoms in total. The molecule has 1 aromatic carbocycles. The minimum absolute atomic E-state index is 0.0783. The fourth-order valence-corrected chi connectivity index (χ4v) is 1.69. The van der Waals surface area contributed by atoms with Gasteiger partial charge in [0.25, 0.3) is 0 Å². The molecule has 1 N–H and O–H groups in total. The molecule has 0 atom stereocenters. The molecule has 0 unspecified atom stereocenters. The van der Waals surface area contributed by atoms with E-state index in [4.69, 9.17) is 0 Å². The van der Waals surface area contributed by atoms with E-state index in [-0.39, 0.29) is 11.5 Å². The lowest BCUT2D eigenvalue weighted by molar-refractivity contribution is -0.137. The van der Waals surface area contributed by atoms with Crippen LogP contribution in [0.25, 0.3) is 6.08 Å². The maximum atomic E-state index is 12.7. The Balaban J connectivity index is 2.22. The molecule has 1 amide bonds. The molecule has 0 fully saturated rings. The third kappa shape index (κ3) is 3.43. The number of rotatable bonds is 2. The second-order valence-corrected chi connectivity index (χ2v) is 4.06. The molecule has 2 rings (SSSR count). The highest BCUT2D eigenvalue weighted by Crippen LogP contribution is 2.32. The largest absolute Gasteiger partial charge is 0.416 e. The number of nitrogens with one attached hydrogen (secondary N) is 1. The van der Waals surface area contributed by atoms with E-state index in [1.165, 1.54) is 24.3 Å². The van der Waals surface area contributed by atoms with E-state index < -0.39 is 11.7 Å². The second-order valence-electron chi connectivity index (χ2n) is 4.06. The van der Waals surface area contributed by atoms with Gasteiger partial charge < -0.3 is 0 Å². The van der Waals surface area contributed by atoms with Gasteiger partial charge in [-0.1, -0.05) is 24.3 Å². The topological polar surface area (TPSA) is 41.5 Å². The summed E-state index contributed by atoms with van der Waals surface area (Å²) >= 11 is 0. The Bertz CT molecular complexity index is 547. The van der Waals surface area contributed by atoms with Crippen molar-refractivity contribution in [3.63, 3.8) is 0 Å². The molecule has 19 heavy (non-hydrogen) atoms. The smallest absolute Gasteiger partial charge is 0.273 e. The molecule has 0 aromatic heterocycles. The minimum atomic E-state index is -4.39. The van der Waals surface area contributed by atoms with Crippen molar-refractivity contribution < 1.29 is 18.0 Å². The molecule has 1 aliphatic heterocycles. The number of halogens is 3. The molecule has 1 aromatic rings. The monoisotopic (exact) mass is 268 g/mol. The highest BCUT2D eigenvalue weighted by atomic mass is 19.4. The zero-order valence-electron chi connectivity index (χ0n) is 9.87. The number of benzene rings is 1. The van der Waals surface area contributed by atoms with Gasteiger partial charge in [0.1, 0.15) is 0 Å². The van der Waals surface area contributed by atoms with Crippen molar-refractivity contribution in [3.8, 4) is 0 Å². The predicted octanol–water partition coefficient (Wildman–Crippen LogP) is 2.98. The van der Waals surface area contributed by atoms with Crippen LogP contribution in [0, 0.1) is 0 Å². The average molecular weight is 268 g/mol. The van der Waals surface area contributed by atoms with Crippen molar-refractivity contribution in [1.82, 2.24) is 5.43 Å². The lowest BCUT2D eigenvalue weighted by atomic mass is 10.1. The number of nitrogens with zero attached hydrogens (tertiary/aromatic N) is 1. The summed E-state index contributed by atoms with van der Waals surface area (Å²) < 4.78 is 38.2. The van der Waals surface area contributed by atoms with E-state index in [1.54, 1.807) is 6.07 Å². The van der Waals surface area contributed by atoms with Gasteiger partial charge in [0.15, 0.2) is 0 Å². The number of hydrazone groups is 1. The Morgan fingerprint density at radius 2 is 1.89 bits per heavy atom. The van der Waals surface area contributed by atoms with Crippen molar-refractivity contribution in [3.05, 3.63) is 41.5 Å². The normalized spacial score (nSPS) is 16.4. The summed E-state index contributed by atoms with van der Waals surface area (Å²) in [5.74, 6) is -0.187. The summed E-state index contributed by atoms with van der Waals surface area (Å²) in [4.78, 5) is 10.9. The lowest BCUT2D eigenvalue weighted by Crippen LogP contribution is -2.24. The van der Waals surface area contributed by atoms with E-state index in [2.05, 4.69) is 10.5 Å². The van der Waals surface area contributed by atoms with Gasteiger partial charge in [0, 0.05) is 12.8 Å². The highest BCUT2D eigenvalue weighted by molar-refractivity contribution is 6.02. The van der Waals surface area contributed by atoms with Gasteiger partial charge in [0.05, 0.1) is 11.3 Å². The molecule has 0 saturated heterocycles. The summed E-state index contributed by atoms with van der Waals surface area (Å²) in [6.45, 7) is 0. The van der Waals surface area contributed by atoms with Crippen molar-refractivity contribution in [2.75, 3.05) is 0 Å². The molecular formula is C13H11F3N2O. The first-order chi connectivity index (χ1) is 8.97. The van der Waals surface area contributed by atoms with Gasteiger partial charge in [-0.05, 0) is 17.7 Å². The molecule has 0 radical (unpaired) electrons. The van der Waals surface area contributed by atoms with Gasteiger partial charge in [-0.25, -0.2) is 5.43 Å². The van der Waals surface area contributed by atoms with Crippen LogP contribution in [0.4, 0.5) is 13.2 Å². The van der Waals surface area contributed by atoms with Gasteiger partial charge in [-0.15, -0.1) is 0 Å². The maximum absolute atomic E-state index is 12.7. The number of hydrogen-bond acceptors (Lipinski definition) is 2. The molecule has 1 heterocycles. The maximum Gasteiger partial charge on any atom is 0.416 e. The standard InChI is InChI=1S/C13H11F3N2O/c14-13(15,16)11-4-2-1-3-9(11)5-6-10-7-8-12(19)18-17-10/h1-6H,7-8H2,(H,18,19). The Kier molecular flexibility index (Phi) is 3.69. The number of carbonyl (C=O) groups is 1. The van der Waals surface area contributed by atoms with Gasteiger partial charge >= 0.3 is 6.18 Å². The Labute approximate surface area is 107 Å². The van der Waals surface area contributed by atoms with Crippen molar-refractivity contribution in [2.45, 2.75) is 19.0 Å². The van der Waals surface area contributed by atoms with Crippen LogP contribution in [-0.4, -0.2) is 11.6 Å². The van der Waals surface area contributed by atoms with Crippen LogP contribution in [0.5, 0.6) is 0 Å². The summed E-state index contributed by atoms with van der Waals surface area (Å²) in [7, 11) is 0. The Morgan fingerprint density at radius 3 is 2.53 bits per heavy atom. The summed E-state index contributed by atoms with van der Waals surface area (Å²) in [5.41, 5.74) is 2.23. The third-order valence-electron chi connectivity index (χ3n) is 2.65. The van der Waals surface area contributed by atoms with Gasteiger partial charge in [-0.3, -0.25) is 4.79 Å². The van der Waals surface area contributed by atoms with Crippen molar-refractivity contribution in [1.29, 1.82) is 0 Å². The van der Waals surface area contributed by atoms with Crippen LogP contribution in [0.1, 0.15) is 24.0 Å². The Hall–Kier alpha value is -2.11. The molecular weight excluding hydrogens is 257 g/mol. The van der Waals surface area contributed by atoms with Crippen LogP contribution >= 0.6 is 0 Å². The SMILES string of the molecule is O=C1CCC(C=Cc2ccccc2C(F)(F)F)=NN1. The summed E-state index contributed by atoms with van der Waals surface area (Å²) in [6.07, 6.45) is -0.812. The molecule has 100 valence electrons. The average Bonchev–Trinajstić information content (AvgIpc) is 2.37. The van der Waals surface area contributed by atoms with Crippen molar-refractivity contribution >= 4 is 17.7 Å². The third-order valence-corrected chi connectivity index (χ3v) is 2.65. The van der Waals surface area contributed by atoms with Crippen molar-refractivity contribution in [2.24, 2.45) is 5.10 Å². The number of alkyl halides is 3. The number of carbonyl (C=O) groups excluding carboxylic acids is 1. The fraction of sp³-hybridized carbons (Fsp3) is 0.231. The first-order valence-electron chi connectivity index (χ1n) is 5.66. The Morgan fingerprint density at radius 1 is 1.16 bits per heavy atom. The molecule has 0 aliphatic carbocycles. The molecule has 1 aliphatic rings.